The number of hydrogen-bond donors (Lipinski definition) is 1. The summed E-state index contributed by atoms with van der Waals surface area (Å²) in [6.07, 6.45) is 7.41. The van der Waals surface area contributed by atoms with Crippen molar-refractivity contribution in [2.75, 3.05) is 0 Å². The van der Waals surface area contributed by atoms with Crippen LogP contribution < -0.4 is 5.73 Å². The van der Waals surface area contributed by atoms with Crippen LogP contribution >= 0.6 is 0 Å². The number of fused-ring (bicyclic) bond motifs is 1. The van der Waals surface area contributed by atoms with Crippen LogP contribution in [0.5, 0.6) is 0 Å². The lowest BCUT2D eigenvalue weighted by atomic mass is 10.2. The minimum absolute atomic E-state index is 0.546. The van der Waals surface area contributed by atoms with E-state index in [1.54, 1.807) is 6.20 Å². The van der Waals surface area contributed by atoms with Crippen LogP contribution in [-0.4, -0.2) is 14.4 Å². The predicted molar refractivity (Wildman–Crippen MR) is 66.3 cm³/mol. The van der Waals surface area contributed by atoms with Crippen LogP contribution in [0.2, 0.25) is 0 Å². The predicted octanol–water partition coefficient (Wildman–Crippen LogP) is 1.85. The topological polar surface area (TPSA) is 56.2 Å². The molecule has 17 heavy (non-hydrogen) atoms. The summed E-state index contributed by atoms with van der Waals surface area (Å²) in [5, 5.41) is 0. The third kappa shape index (κ3) is 1.68. The van der Waals surface area contributed by atoms with Gasteiger partial charge in [-0.15, -0.1) is 0 Å². The van der Waals surface area contributed by atoms with E-state index >= 15 is 0 Å². The maximum absolute atomic E-state index is 5.62. The van der Waals surface area contributed by atoms with Gasteiger partial charge in [0.05, 0.1) is 11.7 Å². The highest BCUT2D eigenvalue weighted by Crippen LogP contribution is 2.19. The van der Waals surface area contributed by atoms with Crippen molar-refractivity contribution in [1.29, 1.82) is 0 Å². The van der Waals surface area contributed by atoms with Gasteiger partial charge in [-0.2, -0.15) is 0 Å². The van der Waals surface area contributed by atoms with Gasteiger partial charge in [0, 0.05) is 30.7 Å². The van der Waals surface area contributed by atoms with E-state index < -0.39 is 0 Å². The lowest BCUT2D eigenvalue weighted by Gasteiger charge is -2.02. The van der Waals surface area contributed by atoms with Crippen LogP contribution in [-0.2, 0) is 6.54 Å². The zero-order valence-electron chi connectivity index (χ0n) is 9.24. The van der Waals surface area contributed by atoms with Crippen LogP contribution in [0, 0.1) is 0 Å². The van der Waals surface area contributed by atoms with E-state index in [0.29, 0.717) is 6.54 Å². The highest BCUT2D eigenvalue weighted by Gasteiger charge is 2.06. The summed E-state index contributed by atoms with van der Waals surface area (Å²) in [6.45, 7) is 0.546. The third-order valence-corrected chi connectivity index (χ3v) is 2.75. The molecule has 0 bridgehead atoms. The Morgan fingerprint density at radius 1 is 1.24 bits per heavy atom. The monoisotopic (exact) mass is 224 g/mol. The standard InChI is InChI=1S/C13H12N4/c14-7-10-3-5-17-12(6-10)9-16-13(17)11-2-1-4-15-8-11/h1-6,8-9H,7,14H2. The molecule has 4 nitrogen and oxygen atoms in total. The smallest absolute Gasteiger partial charge is 0.146 e. The molecule has 3 rings (SSSR count). The van der Waals surface area contributed by atoms with Gasteiger partial charge in [-0.1, -0.05) is 0 Å². The Morgan fingerprint density at radius 3 is 2.94 bits per heavy atom. The molecule has 2 N–H and O–H groups in total. The lowest BCUT2D eigenvalue weighted by Crippen LogP contribution is -1.97. The molecule has 0 unspecified atom stereocenters. The maximum Gasteiger partial charge on any atom is 0.146 e. The zero-order chi connectivity index (χ0) is 11.7. The molecule has 0 saturated heterocycles. The molecule has 3 aromatic rings. The van der Waals surface area contributed by atoms with E-state index in [1.165, 1.54) is 0 Å². The van der Waals surface area contributed by atoms with Gasteiger partial charge in [-0.25, -0.2) is 4.98 Å². The van der Waals surface area contributed by atoms with Gasteiger partial charge in [0.25, 0.3) is 0 Å². The summed E-state index contributed by atoms with van der Waals surface area (Å²) in [5.41, 5.74) is 8.78. The van der Waals surface area contributed by atoms with E-state index in [0.717, 1.165) is 22.5 Å². The number of aromatic nitrogens is 3. The van der Waals surface area contributed by atoms with E-state index in [9.17, 15) is 0 Å². The first kappa shape index (κ1) is 9.99. The summed E-state index contributed by atoms with van der Waals surface area (Å²) in [6, 6.07) is 7.96. The zero-order valence-corrected chi connectivity index (χ0v) is 9.24. The summed E-state index contributed by atoms with van der Waals surface area (Å²) in [5.74, 6) is 0.900. The fourth-order valence-corrected chi connectivity index (χ4v) is 1.88. The highest BCUT2D eigenvalue weighted by molar-refractivity contribution is 5.61. The van der Waals surface area contributed by atoms with Gasteiger partial charge in [0.1, 0.15) is 5.82 Å². The van der Waals surface area contributed by atoms with Gasteiger partial charge in [-0.3, -0.25) is 9.38 Å². The van der Waals surface area contributed by atoms with Crippen molar-refractivity contribution < 1.29 is 0 Å². The normalized spacial score (nSPS) is 10.9. The second-order valence-electron chi connectivity index (χ2n) is 3.86. The first-order chi connectivity index (χ1) is 8.38. The fourth-order valence-electron chi connectivity index (χ4n) is 1.88. The van der Waals surface area contributed by atoms with E-state index in [4.69, 9.17) is 5.73 Å². The Labute approximate surface area is 98.8 Å². The number of imidazole rings is 1. The number of nitrogens with zero attached hydrogens (tertiary/aromatic N) is 3. The Hall–Kier alpha value is -2.20. The van der Waals surface area contributed by atoms with Crippen molar-refractivity contribution >= 4 is 5.52 Å². The molecule has 0 amide bonds. The van der Waals surface area contributed by atoms with Crippen LogP contribution in [0.25, 0.3) is 16.9 Å². The van der Waals surface area contributed by atoms with Crippen LogP contribution in [0.1, 0.15) is 5.56 Å². The van der Waals surface area contributed by atoms with Gasteiger partial charge in [0.15, 0.2) is 0 Å². The number of hydrogen-bond acceptors (Lipinski definition) is 3. The summed E-state index contributed by atoms with van der Waals surface area (Å²) in [7, 11) is 0. The molecule has 3 heterocycles. The van der Waals surface area contributed by atoms with Gasteiger partial charge in [-0.05, 0) is 29.8 Å². The van der Waals surface area contributed by atoms with Crippen molar-refractivity contribution in [3.05, 3.63) is 54.6 Å². The SMILES string of the molecule is NCc1ccn2c(-c3cccnc3)ncc2c1. The minimum atomic E-state index is 0.546. The fraction of sp³-hybridized carbons (Fsp3) is 0.0769. The molecule has 0 aliphatic rings. The molecule has 0 fully saturated rings. The van der Waals surface area contributed by atoms with Crippen molar-refractivity contribution in [2.45, 2.75) is 6.54 Å². The second-order valence-corrected chi connectivity index (χ2v) is 3.86. The maximum atomic E-state index is 5.62. The molecule has 3 aromatic heterocycles. The third-order valence-electron chi connectivity index (χ3n) is 2.75. The van der Waals surface area contributed by atoms with Gasteiger partial charge >= 0.3 is 0 Å². The molecule has 0 radical (unpaired) electrons. The minimum Gasteiger partial charge on any atom is -0.326 e. The van der Waals surface area contributed by atoms with E-state index in [-0.39, 0.29) is 0 Å². The summed E-state index contributed by atoms with van der Waals surface area (Å²) < 4.78 is 2.04. The Bertz CT molecular complexity index is 643. The van der Waals surface area contributed by atoms with Crippen LogP contribution in [0.3, 0.4) is 0 Å². The molecule has 4 heteroatoms. The van der Waals surface area contributed by atoms with Crippen molar-refractivity contribution in [3.63, 3.8) is 0 Å². The summed E-state index contributed by atoms with van der Waals surface area (Å²) in [4.78, 5) is 8.53. The summed E-state index contributed by atoms with van der Waals surface area (Å²) >= 11 is 0. The average Bonchev–Trinajstić information content (AvgIpc) is 2.82. The van der Waals surface area contributed by atoms with Crippen molar-refractivity contribution in [1.82, 2.24) is 14.4 Å². The second kappa shape index (κ2) is 3.99. The molecular weight excluding hydrogens is 212 g/mol. The first-order valence-corrected chi connectivity index (χ1v) is 5.45. The average molecular weight is 224 g/mol. The van der Waals surface area contributed by atoms with Gasteiger partial charge in [0.2, 0.25) is 0 Å². The van der Waals surface area contributed by atoms with Crippen molar-refractivity contribution in [3.8, 4) is 11.4 Å². The van der Waals surface area contributed by atoms with Crippen molar-refractivity contribution in [2.24, 2.45) is 5.73 Å². The lowest BCUT2D eigenvalue weighted by molar-refractivity contribution is 1.05. The van der Waals surface area contributed by atoms with Crippen LogP contribution in [0.4, 0.5) is 0 Å². The highest BCUT2D eigenvalue weighted by atomic mass is 15.0. The molecule has 0 spiro atoms. The molecule has 0 aromatic carbocycles. The largest absolute Gasteiger partial charge is 0.326 e. The van der Waals surface area contributed by atoms with E-state index in [2.05, 4.69) is 9.97 Å². The molecule has 84 valence electrons. The quantitative estimate of drug-likeness (QED) is 0.722. The first-order valence-electron chi connectivity index (χ1n) is 5.45. The van der Waals surface area contributed by atoms with Gasteiger partial charge < -0.3 is 5.73 Å². The van der Waals surface area contributed by atoms with E-state index in [1.807, 2.05) is 47.3 Å². The molecule has 0 aliphatic heterocycles. The molecule has 0 atom stereocenters. The Kier molecular flexibility index (Phi) is 2.34. The van der Waals surface area contributed by atoms with Crippen LogP contribution in [0.15, 0.2) is 49.1 Å². The molecule has 0 aliphatic carbocycles. The number of pyridine rings is 2. The molecular formula is C13H12N4. The molecule has 0 saturated carbocycles. The Balaban J connectivity index is 2.19. The Morgan fingerprint density at radius 2 is 2.18 bits per heavy atom. The number of nitrogens with two attached hydrogens (primary N) is 1. The number of rotatable bonds is 2.